The zero-order valence-electron chi connectivity index (χ0n) is 17.3. The molecule has 0 aromatic heterocycles. The third kappa shape index (κ3) is 3.66. The van der Waals surface area contributed by atoms with Crippen LogP contribution in [0.5, 0.6) is 0 Å². The van der Waals surface area contributed by atoms with Crippen molar-refractivity contribution in [3.05, 3.63) is 71.3 Å². The molecule has 4 fully saturated rings. The zero-order chi connectivity index (χ0) is 19.8. The van der Waals surface area contributed by atoms with Crippen LogP contribution in [0.15, 0.2) is 64.8 Å². The summed E-state index contributed by atoms with van der Waals surface area (Å²) in [5.74, 6) is 0.541. The lowest BCUT2D eigenvalue weighted by atomic mass is 9.74. The molecule has 0 aliphatic carbocycles. The first kappa shape index (κ1) is 18.7. The standard InChI is InChI=1S/C24H29N5/c1-19(2)21-10-8-20(9-11-21)12-25-26-23(22-6-4-3-5-7-22)24-13-27-16-28(14-24)18-29(15-24)17-27/h3-12,19H,13-18H2,1-2H3/b25-12+,26-23-. The zero-order valence-corrected chi connectivity index (χ0v) is 17.3. The van der Waals surface area contributed by atoms with E-state index in [0.29, 0.717) is 5.92 Å². The van der Waals surface area contributed by atoms with E-state index in [0.717, 1.165) is 50.9 Å². The van der Waals surface area contributed by atoms with Crippen LogP contribution in [0.3, 0.4) is 0 Å². The number of nitrogens with zero attached hydrogens (tertiary/aromatic N) is 5. The maximum absolute atomic E-state index is 4.84. The molecule has 5 heteroatoms. The summed E-state index contributed by atoms with van der Waals surface area (Å²) in [5, 5.41) is 9.40. The van der Waals surface area contributed by atoms with Gasteiger partial charge in [0.15, 0.2) is 0 Å². The fourth-order valence-electron chi connectivity index (χ4n) is 5.13. The highest BCUT2D eigenvalue weighted by atomic mass is 15.5. The molecule has 6 rings (SSSR count). The van der Waals surface area contributed by atoms with E-state index in [1.807, 2.05) is 6.21 Å². The Labute approximate surface area is 173 Å². The van der Waals surface area contributed by atoms with Crippen LogP contribution in [-0.2, 0) is 0 Å². The lowest BCUT2D eigenvalue weighted by molar-refractivity contribution is -0.149. The molecule has 0 N–H and O–H groups in total. The second kappa shape index (κ2) is 7.48. The van der Waals surface area contributed by atoms with Gasteiger partial charge >= 0.3 is 0 Å². The summed E-state index contributed by atoms with van der Waals surface area (Å²) in [7, 11) is 0. The summed E-state index contributed by atoms with van der Waals surface area (Å²) in [6.07, 6.45) is 1.88. The molecule has 2 aromatic rings. The molecule has 4 bridgehead atoms. The van der Waals surface area contributed by atoms with Gasteiger partial charge in [0, 0.05) is 19.6 Å². The van der Waals surface area contributed by atoms with Crippen LogP contribution >= 0.6 is 0 Å². The smallest absolute Gasteiger partial charge is 0.0802 e. The Morgan fingerprint density at radius 3 is 2.00 bits per heavy atom. The van der Waals surface area contributed by atoms with Crippen LogP contribution in [0.2, 0.25) is 0 Å². The van der Waals surface area contributed by atoms with E-state index in [-0.39, 0.29) is 5.41 Å². The summed E-state index contributed by atoms with van der Waals surface area (Å²) in [6, 6.07) is 19.2. The quantitative estimate of drug-likeness (QED) is 0.582. The van der Waals surface area contributed by atoms with E-state index < -0.39 is 0 Å². The highest BCUT2D eigenvalue weighted by Gasteiger charge is 2.51. The van der Waals surface area contributed by atoms with Crippen LogP contribution in [0.1, 0.15) is 36.5 Å². The molecule has 0 amide bonds. The van der Waals surface area contributed by atoms with Crippen molar-refractivity contribution in [3.63, 3.8) is 0 Å². The average Bonchev–Trinajstić information content (AvgIpc) is 2.71. The topological polar surface area (TPSA) is 34.4 Å². The fourth-order valence-corrected chi connectivity index (χ4v) is 5.13. The van der Waals surface area contributed by atoms with E-state index in [1.54, 1.807) is 0 Å². The Hall–Kier alpha value is -2.34. The largest absolute Gasteiger partial charge is 0.276 e. The van der Waals surface area contributed by atoms with Gasteiger partial charge in [-0.2, -0.15) is 10.2 Å². The number of rotatable bonds is 5. The van der Waals surface area contributed by atoms with Crippen LogP contribution in [0, 0.1) is 5.41 Å². The molecule has 4 heterocycles. The second-order valence-corrected chi connectivity index (χ2v) is 9.07. The number of hydrogen-bond donors (Lipinski definition) is 0. The molecule has 0 atom stereocenters. The van der Waals surface area contributed by atoms with Gasteiger partial charge in [-0.25, -0.2) is 0 Å². The molecule has 5 nitrogen and oxygen atoms in total. The maximum atomic E-state index is 4.84. The second-order valence-electron chi connectivity index (χ2n) is 9.07. The number of hydrogen-bond acceptors (Lipinski definition) is 5. The van der Waals surface area contributed by atoms with Gasteiger partial charge in [0.25, 0.3) is 0 Å². The molecular formula is C24H29N5. The first-order valence-electron chi connectivity index (χ1n) is 10.6. The summed E-state index contributed by atoms with van der Waals surface area (Å²) in [6.45, 7) is 10.8. The predicted octanol–water partition coefficient (Wildman–Crippen LogP) is 3.44. The van der Waals surface area contributed by atoms with E-state index in [2.05, 4.69) is 88.2 Å². The van der Waals surface area contributed by atoms with Gasteiger partial charge in [0.2, 0.25) is 0 Å². The lowest BCUT2D eigenvalue weighted by Crippen LogP contribution is -2.74. The van der Waals surface area contributed by atoms with E-state index >= 15 is 0 Å². The minimum Gasteiger partial charge on any atom is -0.276 e. The fraction of sp³-hybridized carbons (Fsp3) is 0.417. The molecule has 150 valence electrons. The predicted molar refractivity (Wildman–Crippen MR) is 118 cm³/mol. The minimum atomic E-state index is 0.0228. The molecular weight excluding hydrogens is 358 g/mol. The van der Waals surface area contributed by atoms with Crippen LogP contribution in [-0.4, -0.2) is 66.3 Å². The Kier molecular flexibility index (Phi) is 4.82. The molecule has 29 heavy (non-hydrogen) atoms. The maximum Gasteiger partial charge on any atom is 0.0802 e. The third-order valence-corrected chi connectivity index (χ3v) is 6.30. The lowest BCUT2D eigenvalue weighted by Gasteiger charge is -2.60. The molecule has 4 aliphatic rings. The Bertz CT molecular complexity index is 879. The molecule has 2 aromatic carbocycles. The highest BCUT2D eigenvalue weighted by Crippen LogP contribution is 2.38. The van der Waals surface area contributed by atoms with E-state index in [9.17, 15) is 0 Å². The molecule has 0 saturated carbocycles. The van der Waals surface area contributed by atoms with Crippen molar-refractivity contribution in [3.8, 4) is 0 Å². The third-order valence-electron chi connectivity index (χ3n) is 6.30. The van der Waals surface area contributed by atoms with Gasteiger partial charge < -0.3 is 0 Å². The molecule has 0 spiro atoms. The van der Waals surface area contributed by atoms with Gasteiger partial charge in [-0.15, -0.1) is 0 Å². The van der Waals surface area contributed by atoms with E-state index in [4.69, 9.17) is 5.10 Å². The van der Waals surface area contributed by atoms with Crippen molar-refractivity contribution in [1.29, 1.82) is 0 Å². The minimum absolute atomic E-state index is 0.0228. The first-order chi connectivity index (χ1) is 14.1. The van der Waals surface area contributed by atoms with E-state index in [1.165, 1.54) is 11.1 Å². The van der Waals surface area contributed by atoms with Crippen molar-refractivity contribution in [1.82, 2.24) is 14.7 Å². The SMILES string of the molecule is CC(C)c1ccc(/C=N/N=C(/c2ccccc2)C23CN4CN(CN(C4)C2)C3)cc1. The molecule has 0 unspecified atom stereocenters. The van der Waals surface area contributed by atoms with Crippen molar-refractivity contribution >= 4 is 11.9 Å². The monoisotopic (exact) mass is 387 g/mol. The summed E-state index contributed by atoms with van der Waals surface area (Å²) >= 11 is 0. The van der Waals surface area contributed by atoms with Gasteiger partial charge in [0.05, 0.1) is 37.3 Å². The Morgan fingerprint density at radius 1 is 0.862 bits per heavy atom. The van der Waals surface area contributed by atoms with Gasteiger partial charge in [-0.05, 0) is 22.6 Å². The summed E-state index contributed by atoms with van der Waals surface area (Å²) < 4.78 is 0. The van der Waals surface area contributed by atoms with Crippen molar-refractivity contribution < 1.29 is 0 Å². The van der Waals surface area contributed by atoms with Gasteiger partial charge in [-0.1, -0.05) is 68.4 Å². The molecule has 4 saturated heterocycles. The van der Waals surface area contributed by atoms with Crippen LogP contribution < -0.4 is 0 Å². The number of benzene rings is 2. The van der Waals surface area contributed by atoms with Crippen LogP contribution in [0.25, 0.3) is 0 Å². The van der Waals surface area contributed by atoms with Gasteiger partial charge in [0.1, 0.15) is 0 Å². The normalized spacial score (nSPS) is 31.1. The Morgan fingerprint density at radius 2 is 1.45 bits per heavy atom. The molecule has 0 radical (unpaired) electrons. The highest BCUT2D eigenvalue weighted by molar-refractivity contribution is 6.05. The van der Waals surface area contributed by atoms with Crippen molar-refractivity contribution in [2.75, 3.05) is 39.6 Å². The summed E-state index contributed by atoms with van der Waals surface area (Å²) in [4.78, 5) is 7.59. The molecule has 4 aliphatic heterocycles. The van der Waals surface area contributed by atoms with Gasteiger partial charge in [-0.3, -0.25) is 14.7 Å². The average molecular weight is 388 g/mol. The first-order valence-corrected chi connectivity index (χ1v) is 10.6. The van der Waals surface area contributed by atoms with Crippen molar-refractivity contribution in [2.45, 2.75) is 19.8 Å². The van der Waals surface area contributed by atoms with Crippen molar-refractivity contribution in [2.24, 2.45) is 15.6 Å². The Balaban J connectivity index is 1.47. The summed E-state index contributed by atoms with van der Waals surface area (Å²) in [5.41, 5.74) is 4.76. The van der Waals surface area contributed by atoms with Crippen LogP contribution in [0.4, 0.5) is 0 Å².